The maximum absolute atomic E-state index is 4.43. The third-order valence-corrected chi connectivity index (χ3v) is 4.47. The molecule has 3 N–H and O–H groups in total. The molecule has 1 aliphatic heterocycles. The van der Waals surface area contributed by atoms with Gasteiger partial charge >= 0.3 is 0 Å². The molecule has 2 fully saturated rings. The van der Waals surface area contributed by atoms with Gasteiger partial charge in [0.1, 0.15) is 5.82 Å². The fourth-order valence-electron chi connectivity index (χ4n) is 3.02. The van der Waals surface area contributed by atoms with E-state index in [-0.39, 0.29) is 5.54 Å². The van der Waals surface area contributed by atoms with Crippen LogP contribution in [0.15, 0.2) is 12.3 Å². The Morgan fingerprint density at radius 3 is 2.83 bits per heavy atom. The quantitative estimate of drug-likeness (QED) is 0.728. The number of rotatable bonds is 5. The van der Waals surface area contributed by atoms with Crippen LogP contribution in [0.2, 0.25) is 0 Å². The Morgan fingerprint density at radius 2 is 2.22 bits per heavy atom. The highest BCUT2D eigenvalue weighted by Crippen LogP contribution is 2.29. The van der Waals surface area contributed by atoms with Crippen molar-refractivity contribution in [1.82, 2.24) is 20.4 Å². The van der Waals surface area contributed by atoms with Crippen LogP contribution >= 0.6 is 0 Å². The Kier molecular flexibility index (Phi) is 3.26. The summed E-state index contributed by atoms with van der Waals surface area (Å²) in [6.45, 7) is 3.07. The summed E-state index contributed by atoms with van der Waals surface area (Å²) in [5.41, 5.74) is 0.285. The molecule has 0 amide bonds. The van der Waals surface area contributed by atoms with Gasteiger partial charge in [0.05, 0.1) is 12.2 Å². The maximum Gasteiger partial charge on any atom is 0.124 e. The first-order valence-electron chi connectivity index (χ1n) is 7.00. The minimum absolute atomic E-state index is 0.285. The van der Waals surface area contributed by atoms with Crippen molar-refractivity contribution in [3.8, 4) is 0 Å². The van der Waals surface area contributed by atoms with Crippen molar-refractivity contribution in [1.29, 1.82) is 0 Å². The lowest BCUT2D eigenvalue weighted by Gasteiger charge is -2.32. The lowest BCUT2D eigenvalue weighted by atomic mass is 9.98. The molecule has 5 nitrogen and oxygen atoms in total. The van der Waals surface area contributed by atoms with E-state index in [1.54, 1.807) is 0 Å². The van der Waals surface area contributed by atoms with Crippen LogP contribution in [0.3, 0.4) is 0 Å². The van der Waals surface area contributed by atoms with E-state index in [4.69, 9.17) is 0 Å². The minimum atomic E-state index is 0.285. The third-order valence-electron chi connectivity index (χ3n) is 4.47. The molecule has 3 rings (SSSR count). The van der Waals surface area contributed by atoms with Crippen LogP contribution in [0.25, 0.3) is 0 Å². The van der Waals surface area contributed by atoms with Crippen molar-refractivity contribution in [2.75, 3.05) is 32.0 Å². The molecule has 100 valence electrons. The van der Waals surface area contributed by atoms with Crippen LogP contribution in [-0.4, -0.2) is 42.0 Å². The average Bonchev–Trinajstić information content (AvgIpc) is 2.94. The van der Waals surface area contributed by atoms with Crippen LogP contribution in [-0.2, 0) is 0 Å². The van der Waals surface area contributed by atoms with Crippen LogP contribution < -0.4 is 16.0 Å². The van der Waals surface area contributed by atoms with E-state index in [2.05, 4.69) is 38.8 Å². The van der Waals surface area contributed by atoms with Gasteiger partial charge < -0.3 is 16.0 Å². The normalized spacial score (nSPS) is 22.9. The van der Waals surface area contributed by atoms with Crippen molar-refractivity contribution >= 4 is 5.82 Å². The molecule has 0 radical (unpaired) electrons. The molecule has 0 bridgehead atoms. The minimum Gasteiger partial charge on any atom is -0.368 e. The molecule has 1 saturated carbocycles. The number of aromatic nitrogens is 2. The summed E-state index contributed by atoms with van der Waals surface area (Å²) in [5.74, 6) is 1.16. The highest BCUT2D eigenvalue weighted by atomic mass is 15.4. The Morgan fingerprint density at radius 1 is 1.44 bits per heavy atom. The van der Waals surface area contributed by atoms with Crippen molar-refractivity contribution in [3.05, 3.63) is 12.3 Å². The average molecular weight is 249 g/mol. The number of anilines is 1. The number of hydrogen-bond donors (Lipinski definition) is 3. The van der Waals surface area contributed by atoms with Gasteiger partial charge in [-0.15, -0.1) is 0 Å². The fourth-order valence-corrected chi connectivity index (χ4v) is 3.02. The summed E-state index contributed by atoms with van der Waals surface area (Å²) in [5, 5.41) is 14.8. The van der Waals surface area contributed by atoms with Crippen molar-refractivity contribution in [3.63, 3.8) is 0 Å². The molecule has 2 heterocycles. The number of nitrogens with one attached hydrogen (secondary N) is 3. The molecule has 1 saturated heterocycles. The summed E-state index contributed by atoms with van der Waals surface area (Å²) in [6.07, 6.45) is 7.12. The number of likely N-dealkylation sites (N-methyl/N-ethyl adjacent to an activating group) is 1. The molecule has 0 atom stereocenters. The second-order valence-electron chi connectivity index (χ2n) is 5.56. The van der Waals surface area contributed by atoms with Crippen LogP contribution in [0.1, 0.15) is 31.7 Å². The summed E-state index contributed by atoms with van der Waals surface area (Å²) < 4.78 is 2.12. The molecule has 1 aromatic rings. The van der Waals surface area contributed by atoms with E-state index in [1.165, 1.54) is 25.7 Å². The van der Waals surface area contributed by atoms with Crippen molar-refractivity contribution in [2.24, 2.45) is 0 Å². The van der Waals surface area contributed by atoms with E-state index in [0.29, 0.717) is 6.04 Å². The SMILES string of the molecule is CNC1(CNc2ccnn2C2CNC2)CCCC1. The second kappa shape index (κ2) is 4.90. The molecular formula is C13H23N5. The lowest BCUT2D eigenvalue weighted by molar-refractivity contribution is 0.319. The molecular weight excluding hydrogens is 226 g/mol. The van der Waals surface area contributed by atoms with Gasteiger partial charge in [-0.25, -0.2) is 4.68 Å². The first-order valence-corrected chi connectivity index (χ1v) is 7.00. The van der Waals surface area contributed by atoms with Gasteiger partial charge in [-0.2, -0.15) is 5.10 Å². The molecule has 0 spiro atoms. The zero-order valence-electron chi connectivity index (χ0n) is 11.1. The van der Waals surface area contributed by atoms with Gasteiger partial charge in [-0.1, -0.05) is 12.8 Å². The Balaban J connectivity index is 1.64. The second-order valence-corrected chi connectivity index (χ2v) is 5.56. The zero-order valence-corrected chi connectivity index (χ0v) is 11.1. The van der Waals surface area contributed by atoms with Gasteiger partial charge in [-0.05, 0) is 19.9 Å². The Hall–Kier alpha value is -1.07. The molecule has 1 aliphatic carbocycles. The van der Waals surface area contributed by atoms with Crippen molar-refractivity contribution in [2.45, 2.75) is 37.3 Å². The lowest BCUT2D eigenvalue weighted by Crippen LogP contribution is -2.47. The van der Waals surface area contributed by atoms with Gasteiger partial charge in [0.25, 0.3) is 0 Å². The van der Waals surface area contributed by atoms with Crippen molar-refractivity contribution < 1.29 is 0 Å². The highest BCUT2D eigenvalue weighted by molar-refractivity contribution is 5.35. The fraction of sp³-hybridized carbons (Fsp3) is 0.769. The number of nitrogens with zero attached hydrogens (tertiary/aromatic N) is 2. The van der Waals surface area contributed by atoms with E-state index in [1.807, 2.05) is 6.20 Å². The van der Waals surface area contributed by atoms with E-state index < -0.39 is 0 Å². The predicted octanol–water partition coefficient (Wildman–Crippen LogP) is 0.971. The molecule has 1 aromatic heterocycles. The van der Waals surface area contributed by atoms with Gasteiger partial charge in [0, 0.05) is 31.2 Å². The van der Waals surface area contributed by atoms with E-state index in [0.717, 1.165) is 25.5 Å². The monoisotopic (exact) mass is 249 g/mol. The van der Waals surface area contributed by atoms with E-state index in [9.17, 15) is 0 Å². The third kappa shape index (κ3) is 2.12. The van der Waals surface area contributed by atoms with Gasteiger partial charge in [-0.3, -0.25) is 0 Å². The molecule has 5 heteroatoms. The first kappa shape index (κ1) is 12.0. The van der Waals surface area contributed by atoms with Gasteiger partial charge in [0.2, 0.25) is 0 Å². The summed E-state index contributed by atoms with van der Waals surface area (Å²) >= 11 is 0. The molecule has 2 aliphatic rings. The number of hydrogen-bond acceptors (Lipinski definition) is 4. The smallest absolute Gasteiger partial charge is 0.124 e. The standard InChI is InChI=1S/C13H23N5/c1-14-13(5-2-3-6-13)10-16-12-4-7-17-18(12)11-8-15-9-11/h4,7,11,14-16H,2-3,5-6,8-10H2,1H3. The highest BCUT2D eigenvalue weighted by Gasteiger charge is 2.32. The zero-order chi connectivity index (χ0) is 12.4. The van der Waals surface area contributed by atoms with Gasteiger partial charge in [0.15, 0.2) is 0 Å². The molecule has 18 heavy (non-hydrogen) atoms. The maximum atomic E-state index is 4.43. The summed E-state index contributed by atoms with van der Waals surface area (Å²) in [6, 6.07) is 2.60. The Bertz CT molecular complexity index is 390. The van der Waals surface area contributed by atoms with E-state index >= 15 is 0 Å². The topological polar surface area (TPSA) is 53.9 Å². The van der Waals surface area contributed by atoms with Crippen LogP contribution in [0.4, 0.5) is 5.82 Å². The predicted molar refractivity (Wildman–Crippen MR) is 72.9 cm³/mol. The molecule has 0 unspecified atom stereocenters. The largest absolute Gasteiger partial charge is 0.368 e. The summed E-state index contributed by atoms with van der Waals surface area (Å²) in [4.78, 5) is 0. The first-order chi connectivity index (χ1) is 8.83. The van der Waals surface area contributed by atoms with Crippen LogP contribution in [0, 0.1) is 0 Å². The Labute approximate surface area is 108 Å². The molecule has 0 aromatic carbocycles. The summed E-state index contributed by atoms with van der Waals surface area (Å²) in [7, 11) is 2.08. The van der Waals surface area contributed by atoms with Crippen LogP contribution in [0.5, 0.6) is 0 Å².